The Hall–Kier alpha value is -1.75. The number of fused-ring (bicyclic) bond motifs is 1. The van der Waals surface area contributed by atoms with Crippen molar-refractivity contribution in [2.24, 2.45) is 5.92 Å². The van der Waals surface area contributed by atoms with E-state index in [1.54, 1.807) is 6.07 Å². The highest BCUT2D eigenvalue weighted by molar-refractivity contribution is 5.88. The minimum absolute atomic E-state index is 0.257. The zero-order valence-corrected chi connectivity index (χ0v) is 13.1. The largest absolute Gasteiger partial charge is 0.369 e. The zero-order valence-electron chi connectivity index (χ0n) is 13.1. The minimum Gasteiger partial charge on any atom is -0.369 e. The summed E-state index contributed by atoms with van der Waals surface area (Å²) in [5.41, 5.74) is 0.768. The van der Waals surface area contributed by atoms with Gasteiger partial charge in [-0.3, -0.25) is 0 Å². The summed E-state index contributed by atoms with van der Waals surface area (Å²) in [6.07, 6.45) is 5.20. The monoisotopic (exact) mass is 302 g/mol. The third-order valence-electron chi connectivity index (χ3n) is 4.42. The second kappa shape index (κ2) is 7.01. The van der Waals surface area contributed by atoms with Gasteiger partial charge in [-0.05, 0) is 63.0 Å². The number of anilines is 1. The van der Waals surface area contributed by atoms with Crippen LogP contribution in [0.4, 0.5) is 10.2 Å². The predicted octanol–water partition coefficient (Wildman–Crippen LogP) is 3.30. The molecule has 1 aromatic heterocycles. The van der Waals surface area contributed by atoms with E-state index in [2.05, 4.69) is 27.1 Å². The maximum absolute atomic E-state index is 13.4. The van der Waals surface area contributed by atoms with Crippen molar-refractivity contribution in [3.8, 4) is 0 Å². The van der Waals surface area contributed by atoms with E-state index < -0.39 is 0 Å². The maximum Gasteiger partial charge on any atom is 0.137 e. The Morgan fingerprint density at radius 2 is 2.09 bits per heavy atom. The molecule has 2 aromatic rings. The number of likely N-dealkylation sites (tertiary alicyclic amines) is 1. The molecule has 0 atom stereocenters. The van der Waals surface area contributed by atoms with Crippen molar-refractivity contribution >= 4 is 16.7 Å². The summed E-state index contributed by atoms with van der Waals surface area (Å²) >= 11 is 0. The van der Waals surface area contributed by atoms with Crippen LogP contribution in [0.2, 0.25) is 0 Å². The lowest BCUT2D eigenvalue weighted by molar-refractivity contribution is 0.192. The van der Waals surface area contributed by atoms with Gasteiger partial charge >= 0.3 is 0 Å². The summed E-state index contributed by atoms with van der Waals surface area (Å²) in [4.78, 5) is 10.9. The smallest absolute Gasteiger partial charge is 0.137 e. The Morgan fingerprint density at radius 3 is 2.91 bits per heavy atom. The lowest BCUT2D eigenvalue weighted by Gasteiger charge is -2.30. The van der Waals surface area contributed by atoms with Crippen LogP contribution in [0.15, 0.2) is 24.5 Å². The number of nitrogens with one attached hydrogen (secondary N) is 1. The Bertz CT molecular complexity index is 623. The number of aromatic nitrogens is 2. The number of hydrogen-bond donors (Lipinski definition) is 1. The summed E-state index contributed by atoms with van der Waals surface area (Å²) in [7, 11) is 0. The number of piperidine rings is 1. The molecule has 0 unspecified atom stereocenters. The van der Waals surface area contributed by atoms with Crippen LogP contribution in [0.25, 0.3) is 10.9 Å². The Kier molecular flexibility index (Phi) is 4.83. The van der Waals surface area contributed by atoms with Gasteiger partial charge in [-0.1, -0.05) is 6.92 Å². The van der Waals surface area contributed by atoms with Gasteiger partial charge in [0.05, 0.1) is 5.52 Å². The summed E-state index contributed by atoms with van der Waals surface area (Å²) in [6.45, 7) is 6.70. The quantitative estimate of drug-likeness (QED) is 0.860. The molecule has 0 saturated carbocycles. The lowest BCUT2D eigenvalue weighted by atomic mass is 9.99. The van der Waals surface area contributed by atoms with Crippen LogP contribution in [0.3, 0.4) is 0 Å². The van der Waals surface area contributed by atoms with Gasteiger partial charge in [0.1, 0.15) is 18.0 Å². The maximum atomic E-state index is 13.4. The summed E-state index contributed by atoms with van der Waals surface area (Å²) in [6, 6.07) is 4.60. The second-order valence-corrected chi connectivity index (χ2v) is 6.19. The molecular formula is C17H23FN4. The molecule has 0 bridgehead atoms. The first-order valence-electron chi connectivity index (χ1n) is 8.09. The first-order valence-corrected chi connectivity index (χ1v) is 8.09. The number of benzene rings is 1. The molecule has 1 aliphatic rings. The molecule has 5 heteroatoms. The van der Waals surface area contributed by atoms with Crippen LogP contribution in [-0.4, -0.2) is 41.0 Å². The molecule has 2 heterocycles. The number of hydrogen-bond acceptors (Lipinski definition) is 4. The van der Waals surface area contributed by atoms with Crippen molar-refractivity contribution in [3.05, 3.63) is 30.3 Å². The molecule has 0 spiro atoms. The molecule has 3 rings (SSSR count). The average Bonchev–Trinajstić information content (AvgIpc) is 2.53. The van der Waals surface area contributed by atoms with Crippen molar-refractivity contribution in [1.82, 2.24) is 14.9 Å². The molecule has 0 radical (unpaired) electrons. The molecule has 118 valence electrons. The molecule has 1 aromatic carbocycles. The van der Waals surface area contributed by atoms with Crippen LogP contribution in [0.1, 0.15) is 26.2 Å². The molecule has 1 fully saturated rings. The standard InChI is InChI=1S/C17H23FN4/c1-13-5-9-22(10-6-13)8-2-7-19-17-15-11-14(18)3-4-16(15)20-12-21-17/h3-4,11-13H,2,5-10H2,1H3,(H,19,20,21). The van der Waals surface area contributed by atoms with Crippen molar-refractivity contribution in [2.45, 2.75) is 26.2 Å². The van der Waals surface area contributed by atoms with E-state index in [-0.39, 0.29) is 5.82 Å². The molecule has 0 aliphatic carbocycles. The minimum atomic E-state index is -0.257. The van der Waals surface area contributed by atoms with Gasteiger partial charge in [-0.2, -0.15) is 0 Å². The van der Waals surface area contributed by atoms with E-state index in [0.717, 1.165) is 42.1 Å². The van der Waals surface area contributed by atoms with Crippen molar-refractivity contribution in [1.29, 1.82) is 0 Å². The molecule has 1 aliphatic heterocycles. The highest BCUT2D eigenvalue weighted by Crippen LogP contribution is 2.20. The van der Waals surface area contributed by atoms with Gasteiger partial charge in [0, 0.05) is 11.9 Å². The van der Waals surface area contributed by atoms with Crippen molar-refractivity contribution < 1.29 is 4.39 Å². The van der Waals surface area contributed by atoms with E-state index in [9.17, 15) is 4.39 Å². The molecule has 0 amide bonds. The van der Waals surface area contributed by atoms with E-state index in [1.165, 1.54) is 44.4 Å². The van der Waals surface area contributed by atoms with E-state index in [1.807, 2.05) is 0 Å². The third kappa shape index (κ3) is 3.71. The topological polar surface area (TPSA) is 41.0 Å². The van der Waals surface area contributed by atoms with E-state index in [4.69, 9.17) is 0 Å². The van der Waals surface area contributed by atoms with Gasteiger partial charge < -0.3 is 10.2 Å². The van der Waals surface area contributed by atoms with Crippen LogP contribution >= 0.6 is 0 Å². The first-order chi connectivity index (χ1) is 10.7. The van der Waals surface area contributed by atoms with Gasteiger partial charge in [0.25, 0.3) is 0 Å². The van der Waals surface area contributed by atoms with Gasteiger partial charge in [0.15, 0.2) is 0 Å². The van der Waals surface area contributed by atoms with Gasteiger partial charge in [-0.15, -0.1) is 0 Å². The molecule has 1 N–H and O–H groups in total. The number of halogens is 1. The summed E-state index contributed by atoms with van der Waals surface area (Å²) < 4.78 is 13.4. The second-order valence-electron chi connectivity index (χ2n) is 6.19. The third-order valence-corrected chi connectivity index (χ3v) is 4.42. The summed E-state index contributed by atoms with van der Waals surface area (Å²) in [5, 5.41) is 4.06. The summed E-state index contributed by atoms with van der Waals surface area (Å²) in [5.74, 6) is 1.33. The number of rotatable bonds is 5. The Morgan fingerprint density at radius 1 is 1.27 bits per heavy atom. The van der Waals surface area contributed by atoms with Crippen molar-refractivity contribution in [2.75, 3.05) is 31.5 Å². The predicted molar refractivity (Wildman–Crippen MR) is 87.4 cm³/mol. The Balaban J connectivity index is 1.52. The molecule has 4 nitrogen and oxygen atoms in total. The fourth-order valence-electron chi connectivity index (χ4n) is 2.96. The normalized spacial score (nSPS) is 17.0. The van der Waals surface area contributed by atoms with Crippen LogP contribution < -0.4 is 5.32 Å². The number of nitrogens with zero attached hydrogens (tertiary/aromatic N) is 3. The zero-order chi connectivity index (χ0) is 15.4. The van der Waals surface area contributed by atoms with Gasteiger partial charge in [0.2, 0.25) is 0 Å². The van der Waals surface area contributed by atoms with Crippen molar-refractivity contribution in [3.63, 3.8) is 0 Å². The van der Waals surface area contributed by atoms with Crippen LogP contribution in [-0.2, 0) is 0 Å². The molecular weight excluding hydrogens is 279 g/mol. The fraction of sp³-hybridized carbons (Fsp3) is 0.529. The highest BCUT2D eigenvalue weighted by atomic mass is 19.1. The van der Waals surface area contributed by atoms with Crippen LogP contribution in [0.5, 0.6) is 0 Å². The van der Waals surface area contributed by atoms with E-state index in [0.29, 0.717) is 0 Å². The molecule has 1 saturated heterocycles. The van der Waals surface area contributed by atoms with E-state index >= 15 is 0 Å². The Labute approximate surface area is 130 Å². The fourth-order valence-corrected chi connectivity index (χ4v) is 2.96. The lowest BCUT2D eigenvalue weighted by Crippen LogP contribution is -2.34. The first kappa shape index (κ1) is 15.2. The average molecular weight is 302 g/mol. The van der Waals surface area contributed by atoms with Crippen LogP contribution in [0, 0.1) is 11.7 Å². The highest BCUT2D eigenvalue weighted by Gasteiger charge is 2.14. The van der Waals surface area contributed by atoms with Gasteiger partial charge in [-0.25, -0.2) is 14.4 Å². The SMILES string of the molecule is CC1CCN(CCCNc2ncnc3ccc(F)cc23)CC1. The molecule has 22 heavy (non-hydrogen) atoms.